The smallest absolute Gasteiger partial charge is 0.126 e. The van der Waals surface area contributed by atoms with E-state index in [-0.39, 0.29) is 6.61 Å². The summed E-state index contributed by atoms with van der Waals surface area (Å²) in [6, 6.07) is 3.79. The number of methoxy groups -OCH3 is 1. The summed E-state index contributed by atoms with van der Waals surface area (Å²) in [7, 11) is 1.58. The summed E-state index contributed by atoms with van der Waals surface area (Å²) < 4.78 is 10.6. The molecule has 0 aromatic heterocycles. The predicted molar refractivity (Wildman–Crippen MR) is 66.9 cm³/mol. The van der Waals surface area contributed by atoms with Crippen LogP contribution in [0.15, 0.2) is 12.1 Å². The molecule has 0 fully saturated rings. The Bertz CT molecular complexity index is 415. The van der Waals surface area contributed by atoms with Gasteiger partial charge in [0, 0.05) is 25.0 Å². The third-order valence-corrected chi connectivity index (χ3v) is 3.07. The van der Waals surface area contributed by atoms with Crippen LogP contribution in [-0.4, -0.2) is 31.0 Å². The van der Waals surface area contributed by atoms with Crippen molar-refractivity contribution in [1.29, 1.82) is 0 Å². The van der Waals surface area contributed by atoms with Crippen LogP contribution in [0.5, 0.6) is 5.75 Å². The van der Waals surface area contributed by atoms with Crippen molar-refractivity contribution in [3.8, 4) is 5.75 Å². The van der Waals surface area contributed by atoms with Gasteiger partial charge in [0.25, 0.3) is 0 Å². The highest BCUT2D eigenvalue weighted by Crippen LogP contribution is 2.34. The van der Waals surface area contributed by atoms with E-state index in [2.05, 4.69) is 0 Å². The van der Waals surface area contributed by atoms with Crippen LogP contribution in [0, 0.1) is 0 Å². The van der Waals surface area contributed by atoms with E-state index in [1.54, 1.807) is 14.0 Å². The number of aliphatic hydroxyl groups is 1. The third-order valence-electron chi connectivity index (χ3n) is 2.85. The zero-order chi connectivity index (χ0) is 12.5. The summed E-state index contributed by atoms with van der Waals surface area (Å²) >= 11 is 6.07. The molecule has 4 heteroatoms. The number of benzene rings is 1. The van der Waals surface area contributed by atoms with Gasteiger partial charge in [0.2, 0.25) is 0 Å². The van der Waals surface area contributed by atoms with Gasteiger partial charge in [-0.3, -0.25) is 0 Å². The second-order valence-corrected chi connectivity index (χ2v) is 5.19. The average molecular weight is 257 g/mol. The molecule has 1 atom stereocenters. The minimum Gasteiger partial charge on any atom is -0.493 e. The first-order valence-electron chi connectivity index (χ1n) is 5.67. The molecule has 94 valence electrons. The molecule has 0 saturated heterocycles. The fraction of sp³-hybridized carbons (Fsp3) is 0.538. The van der Waals surface area contributed by atoms with Crippen LogP contribution >= 0.6 is 11.6 Å². The zero-order valence-electron chi connectivity index (χ0n) is 10.1. The Kier molecular flexibility index (Phi) is 3.61. The van der Waals surface area contributed by atoms with Gasteiger partial charge in [-0.05, 0) is 30.2 Å². The van der Waals surface area contributed by atoms with Gasteiger partial charge < -0.3 is 14.6 Å². The van der Waals surface area contributed by atoms with Gasteiger partial charge in [-0.25, -0.2) is 0 Å². The van der Waals surface area contributed by atoms with Crippen molar-refractivity contribution in [2.75, 3.05) is 20.3 Å². The van der Waals surface area contributed by atoms with E-state index < -0.39 is 5.60 Å². The van der Waals surface area contributed by atoms with Gasteiger partial charge in [-0.1, -0.05) is 11.6 Å². The normalized spacial score (nSPS) is 17.4. The molecule has 0 amide bonds. The number of rotatable bonds is 4. The van der Waals surface area contributed by atoms with E-state index in [4.69, 9.17) is 21.1 Å². The van der Waals surface area contributed by atoms with Crippen LogP contribution in [0.3, 0.4) is 0 Å². The van der Waals surface area contributed by atoms with Crippen LogP contribution in [0.25, 0.3) is 0 Å². The maximum atomic E-state index is 10.2. The molecule has 3 nitrogen and oxygen atoms in total. The molecule has 1 aromatic rings. The van der Waals surface area contributed by atoms with Crippen molar-refractivity contribution in [2.45, 2.75) is 25.4 Å². The number of fused-ring (bicyclic) bond motifs is 1. The molecule has 0 bridgehead atoms. The van der Waals surface area contributed by atoms with E-state index in [1.807, 2.05) is 12.1 Å². The molecule has 2 rings (SSSR count). The van der Waals surface area contributed by atoms with E-state index in [9.17, 15) is 5.11 Å². The zero-order valence-corrected chi connectivity index (χ0v) is 10.9. The monoisotopic (exact) mass is 256 g/mol. The molecule has 17 heavy (non-hydrogen) atoms. The first-order chi connectivity index (χ1) is 8.02. The molecule has 1 aliphatic rings. The average Bonchev–Trinajstić information content (AvgIpc) is 2.64. The van der Waals surface area contributed by atoms with E-state index in [1.165, 1.54) is 0 Å². The van der Waals surface area contributed by atoms with Crippen molar-refractivity contribution in [3.63, 3.8) is 0 Å². The van der Waals surface area contributed by atoms with Crippen LogP contribution in [0.4, 0.5) is 0 Å². The van der Waals surface area contributed by atoms with Crippen molar-refractivity contribution in [2.24, 2.45) is 0 Å². The number of hydrogen-bond acceptors (Lipinski definition) is 3. The minimum atomic E-state index is -0.904. The summed E-state index contributed by atoms with van der Waals surface area (Å²) in [6.45, 7) is 2.72. The third kappa shape index (κ3) is 2.92. The van der Waals surface area contributed by atoms with Crippen molar-refractivity contribution < 1.29 is 14.6 Å². The number of hydrogen-bond donors (Lipinski definition) is 1. The van der Waals surface area contributed by atoms with Crippen LogP contribution < -0.4 is 4.74 Å². The molecule has 1 heterocycles. The Balaban J connectivity index is 2.27. The lowest BCUT2D eigenvalue weighted by Crippen LogP contribution is -2.32. The second kappa shape index (κ2) is 4.84. The summed E-state index contributed by atoms with van der Waals surface area (Å²) in [6.07, 6.45) is 1.36. The first kappa shape index (κ1) is 12.7. The fourth-order valence-corrected chi connectivity index (χ4v) is 2.51. The largest absolute Gasteiger partial charge is 0.493 e. The maximum absolute atomic E-state index is 10.2. The number of ether oxygens (including phenoxy) is 2. The lowest BCUT2D eigenvalue weighted by molar-refractivity contribution is -0.0164. The summed E-state index contributed by atoms with van der Waals surface area (Å²) in [5, 5.41) is 10.9. The highest BCUT2D eigenvalue weighted by molar-refractivity contribution is 6.30. The lowest BCUT2D eigenvalue weighted by Gasteiger charge is -2.23. The van der Waals surface area contributed by atoms with E-state index in [0.29, 0.717) is 18.1 Å². The summed E-state index contributed by atoms with van der Waals surface area (Å²) in [5.41, 5.74) is 1.17. The van der Waals surface area contributed by atoms with E-state index >= 15 is 0 Å². The molecule has 0 aliphatic carbocycles. The summed E-state index contributed by atoms with van der Waals surface area (Å²) in [5.74, 6) is 0.880. The topological polar surface area (TPSA) is 38.7 Å². The Hall–Kier alpha value is -0.770. The summed E-state index contributed by atoms with van der Waals surface area (Å²) in [4.78, 5) is 0. The van der Waals surface area contributed by atoms with Gasteiger partial charge in [-0.2, -0.15) is 0 Å². The molecule has 1 aliphatic heterocycles. The van der Waals surface area contributed by atoms with Crippen molar-refractivity contribution >= 4 is 11.6 Å². The van der Waals surface area contributed by atoms with Gasteiger partial charge in [-0.15, -0.1) is 0 Å². The molecule has 1 aromatic carbocycles. The highest BCUT2D eigenvalue weighted by Gasteiger charge is 2.26. The SMILES string of the molecule is COCC(C)(O)Cc1cc(Cl)cc2c1OCC2. The number of halogens is 1. The first-order valence-corrected chi connectivity index (χ1v) is 6.05. The standard InChI is InChI=1S/C13H17ClO3/c1-13(15,8-16-2)7-10-6-11(14)5-9-3-4-17-12(9)10/h5-6,15H,3-4,7-8H2,1-2H3. The molecule has 0 radical (unpaired) electrons. The minimum absolute atomic E-state index is 0.286. The van der Waals surface area contributed by atoms with Crippen LogP contribution in [-0.2, 0) is 17.6 Å². The lowest BCUT2D eigenvalue weighted by atomic mass is 9.95. The molecule has 0 spiro atoms. The van der Waals surface area contributed by atoms with Gasteiger partial charge >= 0.3 is 0 Å². The fourth-order valence-electron chi connectivity index (χ4n) is 2.25. The van der Waals surface area contributed by atoms with Crippen LogP contribution in [0.2, 0.25) is 5.02 Å². The molecular weight excluding hydrogens is 240 g/mol. The molecule has 0 saturated carbocycles. The predicted octanol–water partition coefficient (Wildman–Crippen LogP) is 2.21. The Labute approximate surface area is 106 Å². The van der Waals surface area contributed by atoms with Crippen molar-refractivity contribution in [1.82, 2.24) is 0 Å². The van der Waals surface area contributed by atoms with Gasteiger partial charge in [0.05, 0.1) is 18.8 Å². The van der Waals surface area contributed by atoms with Crippen LogP contribution in [0.1, 0.15) is 18.1 Å². The van der Waals surface area contributed by atoms with Crippen molar-refractivity contribution in [3.05, 3.63) is 28.3 Å². The Morgan fingerprint density at radius 3 is 3.00 bits per heavy atom. The molecular formula is C13H17ClO3. The second-order valence-electron chi connectivity index (χ2n) is 4.76. The van der Waals surface area contributed by atoms with Gasteiger partial charge in [0.15, 0.2) is 0 Å². The quantitative estimate of drug-likeness (QED) is 0.898. The van der Waals surface area contributed by atoms with Gasteiger partial charge in [0.1, 0.15) is 5.75 Å². The molecule has 1 N–H and O–H groups in total. The molecule has 1 unspecified atom stereocenters. The maximum Gasteiger partial charge on any atom is 0.126 e. The van der Waals surface area contributed by atoms with E-state index in [0.717, 1.165) is 23.3 Å². The highest BCUT2D eigenvalue weighted by atomic mass is 35.5. The Morgan fingerprint density at radius 1 is 1.53 bits per heavy atom. The Morgan fingerprint density at radius 2 is 2.29 bits per heavy atom.